The number of aliphatic hydroxyl groups excluding tert-OH is 1. The Hall–Kier alpha value is -3.38. The minimum Gasteiger partial charge on any atom is -0.508 e. The second kappa shape index (κ2) is 11.5. The number of ether oxygens (including phenoxy) is 3. The molecule has 3 N–H and O–H groups in total. The van der Waals surface area contributed by atoms with Crippen LogP contribution in [0.15, 0.2) is 36.4 Å². The van der Waals surface area contributed by atoms with Gasteiger partial charge in [-0.3, -0.25) is 0 Å². The molecule has 44 heavy (non-hydrogen) atoms. The molecule has 1 heterocycles. The van der Waals surface area contributed by atoms with Crippen molar-refractivity contribution >= 4 is 0 Å². The van der Waals surface area contributed by atoms with Crippen molar-refractivity contribution in [1.82, 2.24) is 0 Å². The van der Waals surface area contributed by atoms with Crippen molar-refractivity contribution in [3.05, 3.63) is 64.2 Å². The van der Waals surface area contributed by atoms with Gasteiger partial charge < -0.3 is 29.5 Å². The third-order valence-electron chi connectivity index (χ3n) is 10.7. The van der Waals surface area contributed by atoms with Crippen LogP contribution >= 0.6 is 0 Å². The fourth-order valence-electron chi connectivity index (χ4n) is 8.64. The molecule has 2 saturated carbocycles. The van der Waals surface area contributed by atoms with E-state index in [2.05, 4.69) is 19.9 Å². The van der Waals surface area contributed by atoms with Gasteiger partial charge in [-0.15, -0.1) is 0 Å². The zero-order valence-corrected chi connectivity index (χ0v) is 26.3. The predicted molar refractivity (Wildman–Crippen MR) is 171 cm³/mol. The Labute approximate surface area is 261 Å². The minimum absolute atomic E-state index is 0.0996. The van der Waals surface area contributed by atoms with Crippen molar-refractivity contribution < 1.29 is 29.5 Å². The number of phenols is 2. The number of hydrogen-bond donors (Lipinski definition) is 3. The van der Waals surface area contributed by atoms with E-state index >= 15 is 0 Å². The normalized spacial score (nSPS) is 23.5. The van der Waals surface area contributed by atoms with Crippen LogP contribution in [0.4, 0.5) is 0 Å². The molecule has 3 aromatic carbocycles. The number of aromatic hydroxyl groups is 2. The lowest BCUT2D eigenvalue weighted by Crippen LogP contribution is -2.33. The average molecular weight is 599 g/mol. The Kier molecular flexibility index (Phi) is 7.68. The first-order chi connectivity index (χ1) is 21.2. The Balaban J connectivity index is 1.18. The molecular weight excluding hydrogens is 552 g/mol. The number of hydrogen-bond acceptors (Lipinski definition) is 6. The average Bonchev–Trinajstić information content (AvgIpc) is 3.44. The second-order valence-electron chi connectivity index (χ2n) is 14.2. The van der Waals surface area contributed by atoms with E-state index in [-0.39, 0.29) is 11.9 Å². The molecule has 3 aromatic rings. The van der Waals surface area contributed by atoms with E-state index in [1.807, 2.05) is 24.3 Å². The van der Waals surface area contributed by atoms with Gasteiger partial charge in [0.15, 0.2) is 11.5 Å². The lowest BCUT2D eigenvalue weighted by atomic mass is 9.72. The molecule has 4 aliphatic rings. The summed E-state index contributed by atoms with van der Waals surface area (Å²) in [5, 5.41) is 33.0. The highest BCUT2D eigenvalue weighted by Crippen LogP contribution is 2.51. The van der Waals surface area contributed by atoms with E-state index in [1.54, 1.807) is 13.2 Å². The van der Waals surface area contributed by atoms with Crippen LogP contribution in [0, 0.1) is 11.3 Å². The highest BCUT2D eigenvalue weighted by atomic mass is 16.5. The van der Waals surface area contributed by atoms with E-state index in [4.69, 9.17) is 14.2 Å². The van der Waals surface area contributed by atoms with Crippen molar-refractivity contribution in [1.29, 1.82) is 0 Å². The van der Waals surface area contributed by atoms with Crippen LogP contribution in [-0.4, -0.2) is 34.6 Å². The third kappa shape index (κ3) is 5.29. The monoisotopic (exact) mass is 598 g/mol. The predicted octanol–water partition coefficient (Wildman–Crippen LogP) is 7.99. The molecule has 3 aliphatic carbocycles. The van der Waals surface area contributed by atoms with Gasteiger partial charge in [-0.25, -0.2) is 0 Å². The molecule has 0 bridgehead atoms. The van der Waals surface area contributed by atoms with Crippen LogP contribution in [0.2, 0.25) is 0 Å². The molecule has 1 aliphatic heterocycles. The van der Waals surface area contributed by atoms with Crippen molar-refractivity contribution in [3.63, 3.8) is 0 Å². The van der Waals surface area contributed by atoms with Crippen LogP contribution in [0.1, 0.15) is 99.1 Å². The van der Waals surface area contributed by atoms with Gasteiger partial charge in [-0.05, 0) is 121 Å². The summed E-state index contributed by atoms with van der Waals surface area (Å²) in [7, 11) is 1.69. The molecule has 1 spiro atoms. The fourth-order valence-corrected chi connectivity index (χ4v) is 8.64. The smallest absolute Gasteiger partial charge is 0.161 e. The summed E-state index contributed by atoms with van der Waals surface area (Å²) < 4.78 is 19.0. The number of methoxy groups -OCH3 is 1. The first kappa shape index (κ1) is 29.3. The highest BCUT2D eigenvalue weighted by Gasteiger charge is 2.40. The standard InChI is InChI=1S/C38H46O6/c1-22(2)15-25-16-28-23(17-31(25)40)8-10-27-29-19-32(41)37(44-33(29)20-35(42-3)36(27)28)24-9-11-30(39)34(18-24)43-26-7-6-14-38(21-26)12-4-5-13-38/h9,11,16-18,20,22,26,32,37,39-41H,4-8,10,12-15,19,21H2,1-3H3. The maximum Gasteiger partial charge on any atom is 0.161 e. The number of aryl methyl sites for hydroxylation is 1. The molecule has 0 saturated heterocycles. The molecule has 3 unspecified atom stereocenters. The number of aliphatic hydroxyl groups is 1. The molecule has 3 atom stereocenters. The summed E-state index contributed by atoms with van der Waals surface area (Å²) in [5.74, 6) is 2.85. The highest BCUT2D eigenvalue weighted by molar-refractivity contribution is 5.82. The molecule has 0 amide bonds. The molecule has 7 rings (SSSR count). The number of benzene rings is 3. The topological polar surface area (TPSA) is 88.4 Å². The maximum atomic E-state index is 11.5. The van der Waals surface area contributed by atoms with Crippen LogP contribution < -0.4 is 14.2 Å². The Morgan fingerprint density at radius 3 is 2.50 bits per heavy atom. The van der Waals surface area contributed by atoms with Crippen molar-refractivity contribution in [3.8, 4) is 39.9 Å². The lowest BCUT2D eigenvalue weighted by Gasteiger charge is -2.38. The zero-order valence-electron chi connectivity index (χ0n) is 26.3. The molecule has 0 radical (unpaired) electrons. The largest absolute Gasteiger partial charge is 0.508 e. The first-order valence-corrected chi connectivity index (χ1v) is 16.7. The molecule has 234 valence electrons. The molecule has 2 fully saturated rings. The summed E-state index contributed by atoms with van der Waals surface area (Å²) >= 11 is 0. The van der Waals surface area contributed by atoms with Gasteiger partial charge in [0.2, 0.25) is 0 Å². The van der Waals surface area contributed by atoms with Gasteiger partial charge in [0.05, 0.1) is 19.3 Å². The summed E-state index contributed by atoms with van der Waals surface area (Å²) in [6, 6.07) is 11.4. The van der Waals surface area contributed by atoms with Crippen LogP contribution in [0.3, 0.4) is 0 Å². The summed E-state index contributed by atoms with van der Waals surface area (Å²) in [4.78, 5) is 0. The maximum absolute atomic E-state index is 11.5. The van der Waals surface area contributed by atoms with Gasteiger partial charge in [-0.2, -0.15) is 0 Å². The van der Waals surface area contributed by atoms with Gasteiger partial charge in [-0.1, -0.05) is 32.8 Å². The Bertz CT molecular complexity index is 1550. The van der Waals surface area contributed by atoms with E-state index in [0.717, 1.165) is 82.5 Å². The van der Waals surface area contributed by atoms with Crippen LogP contribution in [-0.2, 0) is 25.7 Å². The third-order valence-corrected chi connectivity index (χ3v) is 10.7. The molecule has 6 heteroatoms. The fraction of sp³-hybridized carbons (Fsp3) is 0.526. The van der Waals surface area contributed by atoms with Gasteiger partial charge in [0, 0.05) is 23.6 Å². The Morgan fingerprint density at radius 1 is 0.932 bits per heavy atom. The second-order valence-corrected chi connectivity index (χ2v) is 14.2. The number of rotatable bonds is 6. The molecule has 6 nitrogen and oxygen atoms in total. The lowest BCUT2D eigenvalue weighted by molar-refractivity contribution is 0.0199. The van der Waals surface area contributed by atoms with E-state index < -0.39 is 12.2 Å². The molecule has 0 aromatic heterocycles. The van der Waals surface area contributed by atoms with Crippen molar-refractivity contribution in [2.45, 2.75) is 109 Å². The number of fused-ring (bicyclic) bond motifs is 5. The van der Waals surface area contributed by atoms with E-state index in [1.165, 1.54) is 38.5 Å². The quantitative estimate of drug-likeness (QED) is 0.267. The van der Waals surface area contributed by atoms with Gasteiger partial charge >= 0.3 is 0 Å². The summed E-state index contributed by atoms with van der Waals surface area (Å²) in [5.41, 5.74) is 7.57. The zero-order chi connectivity index (χ0) is 30.6. The van der Waals surface area contributed by atoms with Gasteiger partial charge in [0.25, 0.3) is 0 Å². The minimum atomic E-state index is -0.758. The van der Waals surface area contributed by atoms with E-state index in [9.17, 15) is 15.3 Å². The van der Waals surface area contributed by atoms with Gasteiger partial charge in [0.1, 0.15) is 23.4 Å². The summed E-state index contributed by atoms with van der Waals surface area (Å²) in [6.07, 6.45) is 11.3. The van der Waals surface area contributed by atoms with Crippen LogP contribution in [0.25, 0.3) is 11.1 Å². The van der Waals surface area contributed by atoms with Crippen molar-refractivity contribution in [2.75, 3.05) is 7.11 Å². The molecular formula is C38H46O6. The van der Waals surface area contributed by atoms with Crippen LogP contribution in [0.5, 0.6) is 28.7 Å². The van der Waals surface area contributed by atoms with Crippen molar-refractivity contribution in [2.24, 2.45) is 11.3 Å². The van der Waals surface area contributed by atoms with E-state index in [0.29, 0.717) is 29.3 Å². The summed E-state index contributed by atoms with van der Waals surface area (Å²) in [6.45, 7) is 4.31. The Morgan fingerprint density at radius 2 is 1.73 bits per heavy atom. The number of phenolic OH excluding ortho intramolecular Hbond substituents is 2. The first-order valence-electron chi connectivity index (χ1n) is 16.7. The SMILES string of the molecule is COc1cc2c(c3c1-c1cc(CC(C)C)c(O)cc1CC3)CC(O)C(c1ccc(O)c(OC3CCCC4(CCCC4)C3)c1)O2.